The quantitative estimate of drug-likeness (QED) is 0.623. The highest BCUT2D eigenvalue weighted by Gasteiger charge is 2.47. The van der Waals surface area contributed by atoms with Gasteiger partial charge in [0, 0.05) is 23.7 Å². The molecule has 1 aromatic rings. The highest BCUT2D eigenvalue weighted by molar-refractivity contribution is 6.32. The normalized spacial score (nSPS) is 23.4. The molecule has 1 aliphatic heterocycles. The number of carbonyl (C=O) groups excluding carboxylic acids is 2. The van der Waals surface area contributed by atoms with E-state index in [4.69, 9.17) is 26.1 Å². The van der Waals surface area contributed by atoms with Crippen molar-refractivity contribution in [2.24, 2.45) is 16.3 Å². The number of ether oxygens (including phenoxy) is 2. The average Bonchev–Trinajstić information content (AvgIpc) is 2.61. The first-order valence-electron chi connectivity index (χ1n) is 10.1. The molecular weight excluding hydrogens is 390 g/mol. The molecule has 6 heteroatoms. The number of hydrogen-bond donors (Lipinski definition) is 0. The van der Waals surface area contributed by atoms with Gasteiger partial charge in [0.25, 0.3) is 0 Å². The van der Waals surface area contributed by atoms with Gasteiger partial charge in [-0.1, -0.05) is 31.5 Å². The van der Waals surface area contributed by atoms with Gasteiger partial charge in [0.1, 0.15) is 11.5 Å². The van der Waals surface area contributed by atoms with Crippen molar-refractivity contribution in [1.82, 2.24) is 0 Å². The zero-order valence-corrected chi connectivity index (χ0v) is 18.4. The minimum Gasteiger partial charge on any atom is -0.492 e. The Morgan fingerprint density at radius 3 is 2.55 bits per heavy atom. The van der Waals surface area contributed by atoms with Crippen LogP contribution in [0.4, 0.5) is 0 Å². The fraction of sp³-hybridized carbons (Fsp3) is 0.522. The third-order valence-electron chi connectivity index (χ3n) is 5.47. The van der Waals surface area contributed by atoms with E-state index in [0.29, 0.717) is 35.1 Å². The predicted molar refractivity (Wildman–Crippen MR) is 114 cm³/mol. The molecule has 0 aromatic heterocycles. The van der Waals surface area contributed by atoms with Gasteiger partial charge in [-0.3, -0.25) is 9.79 Å². The van der Waals surface area contributed by atoms with Crippen LogP contribution in [0.2, 0.25) is 5.02 Å². The first-order valence-corrected chi connectivity index (χ1v) is 10.5. The molecule has 0 amide bonds. The van der Waals surface area contributed by atoms with E-state index in [1.54, 1.807) is 19.1 Å². The molecule has 1 aromatic carbocycles. The second kappa shape index (κ2) is 8.31. The minimum absolute atomic E-state index is 0.101. The summed E-state index contributed by atoms with van der Waals surface area (Å²) in [5.74, 6) is -0.680. The van der Waals surface area contributed by atoms with E-state index >= 15 is 0 Å². The van der Waals surface area contributed by atoms with Crippen LogP contribution in [0.1, 0.15) is 58.9 Å². The van der Waals surface area contributed by atoms with Gasteiger partial charge in [-0.05, 0) is 50.3 Å². The summed E-state index contributed by atoms with van der Waals surface area (Å²) in [6, 6.07) is 5.46. The SMILES string of the molecule is CCOC(=O)C1=C(C)N=C2CC(C)(C)CC(=O)C2[C@@H]1c1ccc(OCC)c(Cl)c1. The maximum Gasteiger partial charge on any atom is 0.336 e. The molecule has 1 saturated carbocycles. The number of fused-ring (bicyclic) bond motifs is 1. The Bertz CT molecular complexity index is 900. The molecule has 0 saturated heterocycles. The van der Waals surface area contributed by atoms with Crippen LogP contribution in [0, 0.1) is 11.3 Å². The van der Waals surface area contributed by atoms with Crippen LogP contribution in [0.15, 0.2) is 34.5 Å². The van der Waals surface area contributed by atoms with Gasteiger partial charge in [-0.2, -0.15) is 0 Å². The van der Waals surface area contributed by atoms with Gasteiger partial charge in [0.2, 0.25) is 0 Å². The second-order valence-electron chi connectivity index (χ2n) is 8.38. The number of Topliss-reactive ketones (excluding diaryl/α,β-unsaturated/α-hetero) is 1. The van der Waals surface area contributed by atoms with Gasteiger partial charge in [-0.15, -0.1) is 0 Å². The van der Waals surface area contributed by atoms with Crippen LogP contribution < -0.4 is 4.74 Å². The highest BCUT2D eigenvalue weighted by Crippen LogP contribution is 2.47. The Balaban J connectivity index is 2.15. The van der Waals surface area contributed by atoms with Crippen LogP contribution in [0.25, 0.3) is 0 Å². The molecule has 0 bridgehead atoms. The largest absolute Gasteiger partial charge is 0.492 e. The van der Waals surface area contributed by atoms with E-state index in [2.05, 4.69) is 13.8 Å². The summed E-state index contributed by atoms with van der Waals surface area (Å²) < 4.78 is 10.9. The fourth-order valence-corrected chi connectivity index (χ4v) is 4.65. The molecule has 0 radical (unpaired) electrons. The fourth-order valence-electron chi connectivity index (χ4n) is 4.41. The molecule has 1 fully saturated rings. The van der Waals surface area contributed by atoms with Crippen molar-refractivity contribution < 1.29 is 19.1 Å². The number of aliphatic imine (C=N–C) groups is 1. The standard InChI is InChI=1S/C23H28ClNO4/c1-6-28-18-9-8-14(10-15(18)24)20-19(22(27)29-7-2)13(3)25-16-11-23(4,5)12-17(26)21(16)20/h8-10,20-21H,6-7,11-12H2,1-5H3/t20-,21?/m1/s1. The van der Waals surface area contributed by atoms with Gasteiger partial charge >= 0.3 is 5.97 Å². The molecule has 2 atom stereocenters. The number of ketones is 1. The monoisotopic (exact) mass is 417 g/mol. The molecule has 1 aliphatic carbocycles. The molecule has 0 spiro atoms. The van der Waals surface area contributed by atoms with E-state index < -0.39 is 17.8 Å². The molecule has 156 valence electrons. The molecule has 5 nitrogen and oxygen atoms in total. The lowest BCUT2D eigenvalue weighted by Crippen LogP contribution is -2.44. The van der Waals surface area contributed by atoms with Crippen LogP contribution in [0.3, 0.4) is 0 Å². The molecule has 1 unspecified atom stereocenters. The van der Waals surface area contributed by atoms with Crippen LogP contribution in [0.5, 0.6) is 5.75 Å². The van der Waals surface area contributed by atoms with E-state index in [9.17, 15) is 9.59 Å². The van der Waals surface area contributed by atoms with Crippen molar-refractivity contribution >= 4 is 29.1 Å². The lowest BCUT2D eigenvalue weighted by atomic mass is 9.63. The zero-order valence-electron chi connectivity index (χ0n) is 17.7. The second-order valence-corrected chi connectivity index (χ2v) is 8.79. The average molecular weight is 418 g/mol. The zero-order chi connectivity index (χ0) is 21.3. The highest BCUT2D eigenvalue weighted by atomic mass is 35.5. The summed E-state index contributed by atoms with van der Waals surface area (Å²) in [6.07, 6.45) is 1.17. The Hall–Kier alpha value is -2.14. The van der Waals surface area contributed by atoms with E-state index in [1.807, 2.05) is 19.9 Å². The summed E-state index contributed by atoms with van der Waals surface area (Å²) in [7, 11) is 0. The van der Waals surface area contributed by atoms with Gasteiger partial charge < -0.3 is 9.47 Å². The van der Waals surface area contributed by atoms with E-state index in [-0.39, 0.29) is 17.8 Å². The number of esters is 1. The maximum absolute atomic E-state index is 13.2. The number of hydrogen-bond acceptors (Lipinski definition) is 5. The molecule has 2 aliphatic rings. The number of halogens is 1. The Morgan fingerprint density at radius 1 is 1.21 bits per heavy atom. The van der Waals surface area contributed by atoms with Gasteiger partial charge in [-0.25, -0.2) is 4.79 Å². The summed E-state index contributed by atoms with van der Waals surface area (Å²) in [6.45, 7) is 10.4. The van der Waals surface area contributed by atoms with Gasteiger partial charge in [0.15, 0.2) is 0 Å². The van der Waals surface area contributed by atoms with Gasteiger partial charge in [0.05, 0.1) is 29.7 Å². The first kappa shape index (κ1) is 21.6. The first-order chi connectivity index (χ1) is 13.7. The summed E-state index contributed by atoms with van der Waals surface area (Å²) in [4.78, 5) is 30.7. The molecule has 3 rings (SSSR count). The number of benzene rings is 1. The Morgan fingerprint density at radius 2 is 1.93 bits per heavy atom. The van der Waals surface area contributed by atoms with Crippen molar-refractivity contribution in [2.45, 2.75) is 53.4 Å². The third-order valence-corrected chi connectivity index (χ3v) is 5.77. The summed E-state index contributed by atoms with van der Waals surface area (Å²) in [5.41, 5.74) is 2.54. The molecule has 0 N–H and O–H groups in total. The van der Waals surface area contributed by atoms with E-state index in [1.165, 1.54) is 0 Å². The van der Waals surface area contributed by atoms with Crippen LogP contribution >= 0.6 is 11.6 Å². The number of rotatable bonds is 5. The summed E-state index contributed by atoms with van der Waals surface area (Å²) in [5, 5.41) is 0.456. The van der Waals surface area contributed by atoms with Crippen LogP contribution in [-0.4, -0.2) is 30.7 Å². The maximum atomic E-state index is 13.2. The summed E-state index contributed by atoms with van der Waals surface area (Å²) >= 11 is 6.44. The molecular formula is C23H28ClNO4. The van der Waals surface area contributed by atoms with Crippen molar-refractivity contribution in [3.8, 4) is 5.75 Å². The van der Waals surface area contributed by atoms with Crippen molar-refractivity contribution in [1.29, 1.82) is 0 Å². The lowest BCUT2D eigenvalue weighted by Gasteiger charge is -2.41. The van der Waals surface area contributed by atoms with Crippen molar-refractivity contribution in [3.05, 3.63) is 40.1 Å². The number of carbonyl (C=O) groups is 2. The van der Waals surface area contributed by atoms with Crippen molar-refractivity contribution in [3.63, 3.8) is 0 Å². The molecule has 1 heterocycles. The minimum atomic E-state index is -0.472. The molecule has 29 heavy (non-hydrogen) atoms. The Labute approximate surface area is 177 Å². The number of nitrogens with zero attached hydrogens (tertiary/aromatic N) is 1. The number of allylic oxidation sites excluding steroid dienone is 1. The van der Waals surface area contributed by atoms with Crippen molar-refractivity contribution in [2.75, 3.05) is 13.2 Å². The van der Waals surface area contributed by atoms with E-state index in [0.717, 1.165) is 17.7 Å². The topological polar surface area (TPSA) is 65.0 Å². The smallest absolute Gasteiger partial charge is 0.336 e. The lowest BCUT2D eigenvalue weighted by molar-refractivity contribution is -0.139. The van der Waals surface area contributed by atoms with Crippen LogP contribution in [-0.2, 0) is 14.3 Å². The third kappa shape index (κ3) is 4.25. The predicted octanol–water partition coefficient (Wildman–Crippen LogP) is 5.12. The Kier molecular flexibility index (Phi) is 6.18.